The average Bonchev–Trinajstić information content (AvgIpc) is 2.15. The third-order valence-electron chi connectivity index (χ3n) is 2.07. The summed E-state index contributed by atoms with van der Waals surface area (Å²) < 4.78 is 66.9. The standard InChI is InChI=1S/C9H9F5N2O/c1-17-7-5(15)2-4(3-6(7)16)8(10,11)9(12,13)14/h2-3H,15-16H2,1H3. The molecule has 8 heteroatoms. The van der Waals surface area contributed by atoms with Gasteiger partial charge in [-0.05, 0) is 12.1 Å². The molecule has 0 bridgehead atoms. The van der Waals surface area contributed by atoms with Gasteiger partial charge in [-0.3, -0.25) is 0 Å². The van der Waals surface area contributed by atoms with E-state index in [9.17, 15) is 22.0 Å². The summed E-state index contributed by atoms with van der Waals surface area (Å²) in [5, 5.41) is 0. The fraction of sp³-hybridized carbons (Fsp3) is 0.333. The maximum Gasteiger partial charge on any atom is 0.458 e. The smallest absolute Gasteiger partial charge is 0.458 e. The highest BCUT2D eigenvalue weighted by molar-refractivity contribution is 5.69. The van der Waals surface area contributed by atoms with Crippen molar-refractivity contribution in [2.45, 2.75) is 12.1 Å². The van der Waals surface area contributed by atoms with E-state index in [2.05, 4.69) is 4.74 Å². The monoisotopic (exact) mass is 256 g/mol. The Kier molecular flexibility index (Phi) is 3.09. The van der Waals surface area contributed by atoms with E-state index < -0.39 is 17.7 Å². The van der Waals surface area contributed by atoms with Gasteiger partial charge in [-0.1, -0.05) is 0 Å². The molecule has 0 amide bonds. The first-order valence-corrected chi connectivity index (χ1v) is 4.29. The average molecular weight is 256 g/mol. The molecule has 4 N–H and O–H groups in total. The highest BCUT2D eigenvalue weighted by Crippen LogP contribution is 2.46. The fourth-order valence-electron chi connectivity index (χ4n) is 1.26. The first-order valence-electron chi connectivity index (χ1n) is 4.29. The van der Waals surface area contributed by atoms with Crippen molar-refractivity contribution in [1.29, 1.82) is 0 Å². The fourth-order valence-corrected chi connectivity index (χ4v) is 1.26. The van der Waals surface area contributed by atoms with Gasteiger partial charge < -0.3 is 16.2 Å². The lowest BCUT2D eigenvalue weighted by Gasteiger charge is -2.21. The molecule has 0 fully saturated rings. The summed E-state index contributed by atoms with van der Waals surface area (Å²) in [4.78, 5) is 0. The molecule has 0 heterocycles. The number of anilines is 2. The van der Waals surface area contributed by atoms with E-state index in [0.29, 0.717) is 12.1 Å². The number of benzene rings is 1. The number of alkyl halides is 5. The van der Waals surface area contributed by atoms with Crippen LogP contribution in [0.2, 0.25) is 0 Å². The van der Waals surface area contributed by atoms with Crippen molar-refractivity contribution in [2.24, 2.45) is 0 Å². The second kappa shape index (κ2) is 3.94. The Morgan fingerprint density at radius 3 is 1.71 bits per heavy atom. The Morgan fingerprint density at radius 1 is 1.00 bits per heavy atom. The lowest BCUT2D eigenvalue weighted by atomic mass is 10.1. The van der Waals surface area contributed by atoms with E-state index in [1.54, 1.807) is 0 Å². The summed E-state index contributed by atoms with van der Waals surface area (Å²) in [6, 6.07) is 0.978. The van der Waals surface area contributed by atoms with Gasteiger partial charge >= 0.3 is 12.1 Å². The molecule has 0 aromatic heterocycles. The summed E-state index contributed by atoms with van der Waals surface area (Å²) in [7, 11) is 1.17. The number of methoxy groups -OCH3 is 1. The second-order valence-electron chi connectivity index (χ2n) is 3.26. The van der Waals surface area contributed by atoms with Crippen LogP contribution in [0.4, 0.5) is 33.3 Å². The van der Waals surface area contributed by atoms with Gasteiger partial charge in [-0.2, -0.15) is 22.0 Å². The maximum absolute atomic E-state index is 13.0. The predicted octanol–water partition coefficient (Wildman–Crippen LogP) is 2.51. The molecule has 0 aliphatic carbocycles. The normalized spacial score (nSPS) is 12.6. The predicted molar refractivity (Wildman–Crippen MR) is 51.8 cm³/mol. The van der Waals surface area contributed by atoms with Crippen molar-refractivity contribution in [1.82, 2.24) is 0 Å². The Morgan fingerprint density at radius 2 is 1.41 bits per heavy atom. The lowest BCUT2D eigenvalue weighted by molar-refractivity contribution is -0.289. The third kappa shape index (κ3) is 2.20. The van der Waals surface area contributed by atoms with E-state index in [4.69, 9.17) is 11.5 Å². The van der Waals surface area contributed by atoms with E-state index in [0.717, 1.165) is 0 Å². The Bertz CT molecular complexity index is 407. The number of rotatable bonds is 2. The largest absolute Gasteiger partial charge is 0.492 e. The molecular weight excluding hydrogens is 247 g/mol. The topological polar surface area (TPSA) is 61.3 Å². The minimum absolute atomic E-state index is 0.133. The molecule has 0 atom stereocenters. The van der Waals surface area contributed by atoms with E-state index in [1.807, 2.05) is 0 Å². The quantitative estimate of drug-likeness (QED) is 0.631. The van der Waals surface area contributed by atoms with Crippen molar-refractivity contribution in [2.75, 3.05) is 18.6 Å². The SMILES string of the molecule is COc1c(N)cc(C(F)(F)C(F)(F)F)cc1N. The Balaban J connectivity index is 3.35. The van der Waals surface area contributed by atoms with Crippen LogP contribution < -0.4 is 16.2 Å². The molecule has 0 unspecified atom stereocenters. The Labute approximate surface area is 93.1 Å². The summed E-state index contributed by atoms with van der Waals surface area (Å²) in [5.41, 5.74) is 8.45. The lowest BCUT2D eigenvalue weighted by Crippen LogP contribution is -2.33. The number of ether oxygens (including phenoxy) is 1. The van der Waals surface area contributed by atoms with Crippen LogP contribution in [0.3, 0.4) is 0 Å². The van der Waals surface area contributed by atoms with Crippen LogP contribution in [0.15, 0.2) is 12.1 Å². The van der Waals surface area contributed by atoms with Crippen LogP contribution in [-0.2, 0) is 5.92 Å². The van der Waals surface area contributed by atoms with Crippen molar-refractivity contribution in [3.63, 3.8) is 0 Å². The van der Waals surface area contributed by atoms with Gasteiger partial charge in [-0.15, -0.1) is 0 Å². The molecule has 0 spiro atoms. The molecule has 0 saturated carbocycles. The molecule has 1 aromatic rings. The van der Waals surface area contributed by atoms with Gasteiger partial charge in [0.05, 0.1) is 18.5 Å². The van der Waals surface area contributed by atoms with Gasteiger partial charge in [0, 0.05) is 5.56 Å². The minimum atomic E-state index is -5.71. The third-order valence-corrected chi connectivity index (χ3v) is 2.07. The second-order valence-corrected chi connectivity index (χ2v) is 3.26. The summed E-state index contributed by atoms with van der Waals surface area (Å²) in [6.07, 6.45) is -5.71. The Hall–Kier alpha value is -1.73. The van der Waals surface area contributed by atoms with Crippen LogP contribution in [0.1, 0.15) is 5.56 Å². The summed E-state index contributed by atoms with van der Waals surface area (Å²) >= 11 is 0. The molecule has 0 aliphatic heterocycles. The first kappa shape index (κ1) is 13.3. The zero-order chi connectivity index (χ0) is 13.4. The molecule has 1 rings (SSSR count). The van der Waals surface area contributed by atoms with Gasteiger partial charge in [-0.25, -0.2) is 0 Å². The first-order chi connectivity index (χ1) is 7.61. The maximum atomic E-state index is 13.0. The summed E-state index contributed by atoms with van der Waals surface area (Å²) in [5.74, 6) is -5.15. The van der Waals surface area contributed by atoms with E-state index in [-0.39, 0.29) is 17.1 Å². The van der Waals surface area contributed by atoms with Crippen molar-refractivity contribution in [3.05, 3.63) is 17.7 Å². The number of nitrogen functional groups attached to an aromatic ring is 2. The van der Waals surface area contributed by atoms with Gasteiger partial charge in [0.25, 0.3) is 0 Å². The van der Waals surface area contributed by atoms with Crippen molar-refractivity contribution in [3.8, 4) is 5.75 Å². The van der Waals surface area contributed by atoms with Crippen LogP contribution in [0, 0.1) is 0 Å². The number of nitrogens with two attached hydrogens (primary N) is 2. The van der Waals surface area contributed by atoms with Crippen LogP contribution in [0.5, 0.6) is 5.75 Å². The zero-order valence-electron chi connectivity index (χ0n) is 8.61. The molecule has 3 nitrogen and oxygen atoms in total. The zero-order valence-corrected chi connectivity index (χ0v) is 8.61. The number of halogens is 5. The molecular formula is C9H9F5N2O. The molecule has 0 saturated heterocycles. The van der Waals surface area contributed by atoms with Crippen molar-refractivity contribution < 1.29 is 26.7 Å². The molecule has 0 aliphatic rings. The van der Waals surface area contributed by atoms with Crippen molar-refractivity contribution >= 4 is 11.4 Å². The van der Waals surface area contributed by atoms with Gasteiger partial charge in [0.1, 0.15) is 0 Å². The van der Waals surface area contributed by atoms with Crippen LogP contribution in [-0.4, -0.2) is 13.3 Å². The molecule has 96 valence electrons. The van der Waals surface area contributed by atoms with Gasteiger partial charge in [0.15, 0.2) is 5.75 Å². The van der Waals surface area contributed by atoms with E-state index >= 15 is 0 Å². The van der Waals surface area contributed by atoms with E-state index in [1.165, 1.54) is 7.11 Å². The minimum Gasteiger partial charge on any atom is -0.492 e. The molecule has 17 heavy (non-hydrogen) atoms. The van der Waals surface area contributed by atoms with Gasteiger partial charge in [0.2, 0.25) is 0 Å². The summed E-state index contributed by atoms with van der Waals surface area (Å²) in [6.45, 7) is 0. The number of hydrogen-bond donors (Lipinski definition) is 2. The highest BCUT2D eigenvalue weighted by Gasteiger charge is 2.58. The van der Waals surface area contributed by atoms with Crippen LogP contribution >= 0.6 is 0 Å². The molecule has 0 radical (unpaired) electrons. The van der Waals surface area contributed by atoms with Crippen LogP contribution in [0.25, 0.3) is 0 Å². The highest BCUT2D eigenvalue weighted by atomic mass is 19.4. The molecule has 1 aromatic carbocycles. The number of hydrogen-bond acceptors (Lipinski definition) is 3.